The largest absolute Gasteiger partial charge is 0.399 e. The highest BCUT2D eigenvalue weighted by Crippen LogP contribution is 2.47. The van der Waals surface area contributed by atoms with Crippen LogP contribution in [0.2, 0.25) is 0 Å². The molecule has 32 heavy (non-hydrogen) atoms. The molecule has 0 saturated heterocycles. The van der Waals surface area contributed by atoms with Crippen molar-refractivity contribution in [3.05, 3.63) is 59.7 Å². The molecule has 1 atom stereocenters. The van der Waals surface area contributed by atoms with E-state index in [1.54, 1.807) is 0 Å². The second kappa shape index (κ2) is 11.3. The first-order valence-corrected chi connectivity index (χ1v) is 13.3. The highest BCUT2D eigenvalue weighted by molar-refractivity contribution is 5.56. The molecule has 2 fully saturated rings. The molecule has 2 aliphatic rings. The van der Waals surface area contributed by atoms with E-state index in [9.17, 15) is 0 Å². The van der Waals surface area contributed by atoms with E-state index in [4.69, 9.17) is 11.5 Å². The SMILES string of the molecule is CCCCCC1CCC(C2CCC(C(c3ccccc3)c3cc(N)cc(N)c3)CC2)CC1. The topological polar surface area (TPSA) is 52.0 Å². The summed E-state index contributed by atoms with van der Waals surface area (Å²) < 4.78 is 0. The van der Waals surface area contributed by atoms with E-state index in [1.165, 1.54) is 88.2 Å². The summed E-state index contributed by atoms with van der Waals surface area (Å²) in [6, 6.07) is 17.2. The maximum atomic E-state index is 6.19. The van der Waals surface area contributed by atoms with Gasteiger partial charge in [0, 0.05) is 17.3 Å². The van der Waals surface area contributed by atoms with Crippen molar-refractivity contribution in [2.75, 3.05) is 11.5 Å². The molecule has 2 nitrogen and oxygen atoms in total. The van der Waals surface area contributed by atoms with Crippen LogP contribution in [0.4, 0.5) is 11.4 Å². The summed E-state index contributed by atoms with van der Waals surface area (Å²) in [6.45, 7) is 2.32. The monoisotopic (exact) mass is 432 g/mol. The molecule has 2 aliphatic carbocycles. The summed E-state index contributed by atoms with van der Waals surface area (Å²) in [6.07, 6.45) is 17.1. The Morgan fingerprint density at radius 2 is 1.31 bits per heavy atom. The Labute approximate surface area is 196 Å². The Kier molecular flexibility index (Phi) is 8.16. The Morgan fingerprint density at radius 1 is 0.719 bits per heavy atom. The first-order valence-electron chi connectivity index (χ1n) is 13.3. The summed E-state index contributed by atoms with van der Waals surface area (Å²) in [5, 5.41) is 0. The molecule has 0 radical (unpaired) electrons. The summed E-state index contributed by atoms with van der Waals surface area (Å²) in [5.41, 5.74) is 16.7. The van der Waals surface area contributed by atoms with Crippen molar-refractivity contribution in [3.63, 3.8) is 0 Å². The van der Waals surface area contributed by atoms with Gasteiger partial charge in [0.1, 0.15) is 0 Å². The number of benzene rings is 2. The zero-order valence-corrected chi connectivity index (χ0v) is 20.1. The van der Waals surface area contributed by atoms with Gasteiger partial charge in [0.05, 0.1) is 0 Å². The fourth-order valence-electron chi connectivity index (χ4n) is 6.86. The molecule has 4 rings (SSSR count). The van der Waals surface area contributed by atoms with Crippen molar-refractivity contribution in [3.8, 4) is 0 Å². The standard InChI is InChI=1S/C30H44N2/c1-2-3-5-8-22-11-13-23(14-12-22)24-15-17-26(18-16-24)30(25-9-6-4-7-10-25)27-19-28(31)21-29(32)20-27/h4,6-7,9-10,19-24,26,30H,2-3,5,8,11-18,31-32H2,1H3. The van der Waals surface area contributed by atoms with Gasteiger partial charge in [0.2, 0.25) is 0 Å². The van der Waals surface area contributed by atoms with Crippen molar-refractivity contribution in [1.82, 2.24) is 0 Å². The minimum atomic E-state index is 0.400. The molecule has 0 amide bonds. The van der Waals surface area contributed by atoms with Gasteiger partial charge in [-0.1, -0.05) is 75.8 Å². The molecule has 0 spiro atoms. The van der Waals surface area contributed by atoms with Crippen LogP contribution in [0.15, 0.2) is 48.5 Å². The minimum absolute atomic E-state index is 0.400. The number of nitrogen functional groups attached to an aromatic ring is 2. The van der Waals surface area contributed by atoms with E-state index < -0.39 is 0 Å². The van der Waals surface area contributed by atoms with E-state index in [2.05, 4.69) is 49.4 Å². The maximum absolute atomic E-state index is 6.19. The van der Waals surface area contributed by atoms with Gasteiger partial charge >= 0.3 is 0 Å². The molecule has 2 aromatic rings. The van der Waals surface area contributed by atoms with Crippen LogP contribution < -0.4 is 11.5 Å². The summed E-state index contributed by atoms with van der Waals surface area (Å²) in [4.78, 5) is 0. The Hall–Kier alpha value is -1.96. The van der Waals surface area contributed by atoms with Crippen molar-refractivity contribution in [2.24, 2.45) is 23.7 Å². The quantitative estimate of drug-likeness (QED) is 0.326. The third-order valence-corrected chi connectivity index (χ3v) is 8.58. The van der Waals surface area contributed by atoms with E-state index in [-0.39, 0.29) is 0 Å². The maximum Gasteiger partial charge on any atom is 0.0337 e. The Bertz CT molecular complexity index is 794. The van der Waals surface area contributed by atoms with Crippen LogP contribution in [0.3, 0.4) is 0 Å². The van der Waals surface area contributed by atoms with Crippen molar-refractivity contribution < 1.29 is 0 Å². The molecule has 0 aromatic heterocycles. The predicted octanol–water partition coefficient (Wildman–Crippen LogP) is 8.18. The smallest absolute Gasteiger partial charge is 0.0337 e. The first-order chi connectivity index (χ1) is 15.6. The molecule has 2 aromatic carbocycles. The molecule has 2 heteroatoms. The van der Waals surface area contributed by atoms with Crippen LogP contribution in [-0.4, -0.2) is 0 Å². The van der Waals surface area contributed by atoms with Crippen molar-refractivity contribution in [2.45, 2.75) is 89.9 Å². The third-order valence-electron chi connectivity index (χ3n) is 8.58. The number of hydrogen-bond acceptors (Lipinski definition) is 2. The highest BCUT2D eigenvalue weighted by Gasteiger charge is 2.34. The fraction of sp³-hybridized carbons (Fsp3) is 0.600. The molecule has 174 valence electrons. The van der Waals surface area contributed by atoms with Crippen LogP contribution in [0, 0.1) is 23.7 Å². The van der Waals surface area contributed by atoms with Crippen molar-refractivity contribution >= 4 is 11.4 Å². The lowest BCUT2D eigenvalue weighted by atomic mass is 9.65. The molecule has 1 unspecified atom stereocenters. The van der Waals surface area contributed by atoms with Crippen LogP contribution >= 0.6 is 0 Å². The molecule has 0 heterocycles. The number of hydrogen-bond donors (Lipinski definition) is 2. The molecule has 4 N–H and O–H groups in total. The van der Waals surface area contributed by atoms with Crippen LogP contribution in [0.1, 0.15) is 101 Å². The lowest BCUT2D eigenvalue weighted by Crippen LogP contribution is -2.28. The van der Waals surface area contributed by atoms with Crippen LogP contribution in [0.5, 0.6) is 0 Å². The average molecular weight is 433 g/mol. The second-order valence-electron chi connectivity index (χ2n) is 10.8. The average Bonchev–Trinajstić information content (AvgIpc) is 2.81. The Morgan fingerprint density at radius 3 is 1.91 bits per heavy atom. The second-order valence-corrected chi connectivity index (χ2v) is 10.8. The molecule has 2 saturated carbocycles. The third kappa shape index (κ3) is 5.88. The van der Waals surface area contributed by atoms with Gasteiger partial charge in [-0.2, -0.15) is 0 Å². The van der Waals surface area contributed by atoms with Crippen molar-refractivity contribution in [1.29, 1.82) is 0 Å². The predicted molar refractivity (Wildman–Crippen MR) is 139 cm³/mol. The summed E-state index contributed by atoms with van der Waals surface area (Å²) in [7, 11) is 0. The number of nitrogens with two attached hydrogens (primary N) is 2. The van der Waals surface area contributed by atoms with Gasteiger partial charge in [-0.15, -0.1) is 0 Å². The van der Waals surface area contributed by atoms with E-state index in [1.807, 2.05) is 6.07 Å². The molecular weight excluding hydrogens is 388 g/mol. The van der Waals surface area contributed by atoms with Gasteiger partial charge in [0.15, 0.2) is 0 Å². The van der Waals surface area contributed by atoms with Crippen LogP contribution in [-0.2, 0) is 0 Å². The molecule has 0 bridgehead atoms. The molecular formula is C30H44N2. The number of anilines is 2. The zero-order chi connectivity index (χ0) is 22.3. The fourth-order valence-corrected chi connectivity index (χ4v) is 6.86. The summed E-state index contributed by atoms with van der Waals surface area (Å²) >= 11 is 0. The Balaban J connectivity index is 1.38. The summed E-state index contributed by atoms with van der Waals surface area (Å²) in [5.74, 6) is 4.03. The normalized spacial score (nSPS) is 27.2. The van der Waals surface area contributed by atoms with Gasteiger partial charge in [-0.05, 0) is 91.5 Å². The van der Waals surface area contributed by atoms with E-state index in [0.717, 1.165) is 29.1 Å². The van der Waals surface area contributed by atoms with Crippen LogP contribution in [0.25, 0.3) is 0 Å². The number of unbranched alkanes of at least 4 members (excludes halogenated alkanes) is 2. The molecule has 0 aliphatic heterocycles. The van der Waals surface area contributed by atoms with Gasteiger partial charge < -0.3 is 11.5 Å². The minimum Gasteiger partial charge on any atom is -0.399 e. The number of rotatable bonds is 8. The lowest BCUT2D eigenvalue weighted by Gasteiger charge is -2.40. The zero-order valence-electron chi connectivity index (χ0n) is 20.1. The highest BCUT2D eigenvalue weighted by atomic mass is 14.6. The van der Waals surface area contributed by atoms with Gasteiger partial charge in [-0.3, -0.25) is 0 Å². The first kappa shape index (κ1) is 23.2. The van der Waals surface area contributed by atoms with Gasteiger partial charge in [-0.25, -0.2) is 0 Å². The van der Waals surface area contributed by atoms with E-state index in [0.29, 0.717) is 11.8 Å². The lowest BCUT2D eigenvalue weighted by molar-refractivity contribution is 0.138. The van der Waals surface area contributed by atoms with Gasteiger partial charge in [0.25, 0.3) is 0 Å². The van der Waals surface area contributed by atoms with E-state index >= 15 is 0 Å².